The highest BCUT2D eigenvalue weighted by Gasteiger charge is 2.19. The number of rotatable bonds is 3. The lowest BCUT2D eigenvalue weighted by Gasteiger charge is -2.33. The largest absolute Gasteiger partial charge is 0.370 e. The minimum absolute atomic E-state index is 0.0405. The first-order valence-corrected chi connectivity index (χ1v) is 6.54. The number of anilines is 1. The van der Waals surface area contributed by atoms with E-state index in [0.29, 0.717) is 11.6 Å². The Labute approximate surface area is 113 Å². The quantitative estimate of drug-likeness (QED) is 0.887. The second-order valence-corrected chi connectivity index (χ2v) is 4.88. The van der Waals surface area contributed by atoms with Gasteiger partial charge in [-0.15, -0.1) is 0 Å². The molecule has 1 saturated heterocycles. The maximum absolute atomic E-state index is 10.9. The summed E-state index contributed by atoms with van der Waals surface area (Å²) >= 11 is 0. The van der Waals surface area contributed by atoms with Gasteiger partial charge in [-0.25, -0.2) is 4.98 Å². The fourth-order valence-corrected chi connectivity index (χ4v) is 2.32. The van der Waals surface area contributed by atoms with Crippen LogP contribution in [0.25, 0.3) is 0 Å². The molecule has 1 amide bonds. The van der Waals surface area contributed by atoms with Crippen LogP contribution in [0.5, 0.6) is 0 Å². The Morgan fingerprint density at radius 3 is 2.79 bits per heavy atom. The van der Waals surface area contributed by atoms with Gasteiger partial charge in [0.05, 0.1) is 11.9 Å². The summed E-state index contributed by atoms with van der Waals surface area (Å²) in [5, 5.41) is 11.6. The first-order valence-electron chi connectivity index (χ1n) is 6.54. The molecule has 0 unspecified atom stereocenters. The van der Waals surface area contributed by atoms with E-state index >= 15 is 0 Å². The number of nitrogens with zero attached hydrogens (tertiary/aromatic N) is 3. The zero-order valence-corrected chi connectivity index (χ0v) is 11.1. The van der Waals surface area contributed by atoms with Gasteiger partial charge in [-0.3, -0.25) is 4.79 Å². The Morgan fingerprint density at radius 1 is 1.53 bits per heavy atom. The van der Waals surface area contributed by atoms with E-state index in [0.717, 1.165) is 38.2 Å². The fourth-order valence-electron chi connectivity index (χ4n) is 2.32. The molecule has 0 aliphatic carbocycles. The van der Waals surface area contributed by atoms with Crippen LogP contribution in [0.4, 0.5) is 5.69 Å². The molecule has 100 valence electrons. The zero-order chi connectivity index (χ0) is 13.7. The third-order valence-corrected chi connectivity index (χ3v) is 3.48. The van der Waals surface area contributed by atoms with Gasteiger partial charge in [0.2, 0.25) is 5.91 Å². The molecule has 0 aromatic carbocycles. The standard InChI is InChI=1S/C14H18N4O/c1-11(19)16-9-12-4-6-18(7-5-12)14-3-2-13(8-15)17-10-14/h2-3,10,12H,4-7,9H2,1H3,(H,16,19). The lowest BCUT2D eigenvalue weighted by molar-refractivity contribution is -0.119. The third kappa shape index (κ3) is 3.68. The second kappa shape index (κ2) is 6.19. The summed E-state index contributed by atoms with van der Waals surface area (Å²) in [6.45, 7) is 4.27. The van der Waals surface area contributed by atoms with E-state index in [1.54, 1.807) is 19.2 Å². The summed E-state index contributed by atoms with van der Waals surface area (Å²) < 4.78 is 0. The predicted octanol–water partition coefficient (Wildman–Crippen LogP) is 1.31. The fraction of sp³-hybridized carbons (Fsp3) is 0.500. The minimum Gasteiger partial charge on any atom is -0.370 e. The van der Waals surface area contributed by atoms with Crippen LogP contribution in [0.2, 0.25) is 0 Å². The molecule has 2 heterocycles. The average Bonchev–Trinajstić information content (AvgIpc) is 2.46. The van der Waals surface area contributed by atoms with Crippen molar-refractivity contribution in [3.05, 3.63) is 24.0 Å². The molecule has 0 radical (unpaired) electrons. The van der Waals surface area contributed by atoms with Crippen LogP contribution in [0.3, 0.4) is 0 Å². The van der Waals surface area contributed by atoms with E-state index < -0.39 is 0 Å². The number of amides is 1. The van der Waals surface area contributed by atoms with Crippen molar-refractivity contribution in [2.75, 3.05) is 24.5 Å². The number of hydrogen-bond donors (Lipinski definition) is 1. The molecule has 2 rings (SSSR count). The molecule has 1 aliphatic heterocycles. The van der Waals surface area contributed by atoms with Crippen molar-refractivity contribution in [1.82, 2.24) is 10.3 Å². The number of piperidine rings is 1. The molecule has 1 aromatic rings. The summed E-state index contributed by atoms with van der Waals surface area (Å²) in [6, 6.07) is 5.71. The van der Waals surface area contributed by atoms with Crippen LogP contribution in [-0.2, 0) is 4.79 Å². The van der Waals surface area contributed by atoms with Gasteiger partial charge in [-0.05, 0) is 30.9 Å². The van der Waals surface area contributed by atoms with Crippen molar-refractivity contribution < 1.29 is 4.79 Å². The van der Waals surface area contributed by atoms with E-state index in [-0.39, 0.29) is 5.91 Å². The first-order chi connectivity index (χ1) is 9.19. The molecular weight excluding hydrogens is 240 g/mol. The van der Waals surface area contributed by atoms with E-state index in [1.807, 2.05) is 12.1 Å². The molecule has 19 heavy (non-hydrogen) atoms. The molecule has 1 N–H and O–H groups in total. The van der Waals surface area contributed by atoms with Gasteiger partial charge < -0.3 is 10.2 Å². The van der Waals surface area contributed by atoms with Gasteiger partial charge >= 0.3 is 0 Å². The normalized spacial score (nSPS) is 15.9. The molecule has 5 nitrogen and oxygen atoms in total. The van der Waals surface area contributed by atoms with Crippen molar-refractivity contribution in [3.8, 4) is 6.07 Å². The Balaban J connectivity index is 1.85. The van der Waals surface area contributed by atoms with Gasteiger partial charge in [0.15, 0.2) is 0 Å². The minimum atomic E-state index is 0.0405. The van der Waals surface area contributed by atoms with Crippen molar-refractivity contribution >= 4 is 11.6 Å². The zero-order valence-electron chi connectivity index (χ0n) is 11.1. The summed E-state index contributed by atoms with van der Waals surface area (Å²) in [5.74, 6) is 0.602. The summed E-state index contributed by atoms with van der Waals surface area (Å²) in [4.78, 5) is 17.2. The SMILES string of the molecule is CC(=O)NCC1CCN(c2ccc(C#N)nc2)CC1. The predicted molar refractivity (Wildman–Crippen MR) is 72.6 cm³/mol. The van der Waals surface area contributed by atoms with E-state index in [1.165, 1.54) is 0 Å². The lowest BCUT2D eigenvalue weighted by atomic mass is 9.96. The van der Waals surface area contributed by atoms with Crippen LogP contribution in [0, 0.1) is 17.2 Å². The highest BCUT2D eigenvalue weighted by molar-refractivity contribution is 5.72. The summed E-state index contributed by atoms with van der Waals surface area (Å²) in [5.41, 5.74) is 1.52. The molecule has 0 atom stereocenters. The number of nitriles is 1. The highest BCUT2D eigenvalue weighted by atomic mass is 16.1. The smallest absolute Gasteiger partial charge is 0.216 e. The Hall–Kier alpha value is -2.09. The van der Waals surface area contributed by atoms with Crippen molar-refractivity contribution in [1.29, 1.82) is 5.26 Å². The maximum atomic E-state index is 10.9. The van der Waals surface area contributed by atoms with Gasteiger partial charge in [-0.1, -0.05) is 0 Å². The van der Waals surface area contributed by atoms with Crippen LogP contribution in [0.15, 0.2) is 18.3 Å². The lowest BCUT2D eigenvalue weighted by Crippen LogP contribution is -2.38. The van der Waals surface area contributed by atoms with Crippen LogP contribution >= 0.6 is 0 Å². The van der Waals surface area contributed by atoms with E-state index in [4.69, 9.17) is 5.26 Å². The topological polar surface area (TPSA) is 69.0 Å². The third-order valence-electron chi connectivity index (χ3n) is 3.48. The molecule has 0 spiro atoms. The van der Waals surface area contributed by atoms with Crippen molar-refractivity contribution in [3.63, 3.8) is 0 Å². The van der Waals surface area contributed by atoms with E-state index in [9.17, 15) is 4.79 Å². The van der Waals surface area contributed by atoms with Gasteiger partial charge in [-0.2, -0.15) is 5.26 Å². The number of carbonyl (C=O) groups excluding carboxylic acids is 1. The molecule has 1 aromatic heterocycles. The van der Waals surface area contributed by atoms with Crippen molar-refractivity contribution in [2.24, 2.45) is 5.92 Å². The number of aromatic nitrogens is 1. The average molecular weight is 258 g/mol. The molecule has 0 saturated carbocycles. The molecule has 1 aliphatic rings. The monoisotopic (exact) mass is 258 g/mol. The van der Waals surface area contributed by atoms with Gasteiger partial charge in [0.1, 0.15) is 11.8 Å². The molecule has 1 fully saturated rings. The summed E-state index contributed by atoms with van der Waals surface area (Å²) in [7, 11) is 0. The highest BCUT2D eigenvalue weighted by Crippen LogP contribution is 2.22. The van der Waals surface area contributed by atoms with Crippen molar-refractivity contribution in [2.45, 2.75) is 19.8 Å². The number of hydrogen-bond acceptors (Lipinski definition) is 4. The number of nitrogens with one attached hydrogen (secondary N) is 1. The molecule has 0 bridgehead atoms. The first kappa shape index (κ1) is 13.3. The molecular formula is C14H18N4O. The van der Waals surface area contributed by atoms with Crippen LogP contribution in [0.1, 0.15) is 25.5 Å². The Bertz CT molecular complexity index is 469. The summed E-state index contributed by atoms with van der Waals surface area (Å²) in [6.07, 6.45) is 3.90. The second-order valence-electron chi connectivity index (χ2n) is 4.88. The van der Waals surface area contributed by atoms with E-state index in [2.05, 4.69) is 15.2 Å². The van der Waals surface area contributed by atoms with Gasteiger partial charge in [0, 0.05) is 26.6 Å². The maximum Gasteiger partial charge on any atom is 0.216 e. The van der Waals surface area contributed by atoms with Crippen LogP contribution in [-0.4, -0.2) is 30.5 Å². The van der Waals surface area contributed by atoms with Gasteiger partial charge in [0.25, 0.3) is 0 Å². The number of pyridine rings is 1. The van der Waals surface area contributed by atoms with Crippen LogP contribution < -0.4 is 10.2 Å². The Morgan fingerprint density at radius 2 is 2.26 bits per heavy atom. The number of carbonyl (C=O) groups is 1. The molecule has 5 heteroatoms. The Kier molecular flexibility index (Phi) is 4.35.